The van der Waals surface area contributed by atoms with E-state index in [0.717, 1.165) is 24.1 Å². The van der Waals surface area contributed by atoms with Gasteiger partial charge in [0.2, 0.25) is 0 Å². The Morgan fingerprint density at radius 1 is 1.27 bits per heavy atom. The summed E-state index contributed by atoms with van der Waals surface area (Å²) in [5.41, 5.74) is 2.52. The topological polar surface area (TPSA) is 90.1 Å². The molecule has 0 amide bonds. The lowest BCUT2D eigenvalue weighted by Gasteiger charge is -2.35. The van der Waals surface area contributed by atoms with Crippen molar-refractivity contribution in [2.45, 2.75) is 43.6 Å². The van der Waals surface area contributed by atoms with E-state index in [-0.39, 0.29) is 12.5 Å². The number of rotatable bonds is 5. The van der Waals surface area contributed by atoms with Crippen molar-refractivity contribution in [2.24, 2.45) is 0 Å². The molecule has 2 aromatic rings. The maximum atomic E-state index is 15.2. The quantitative estimate of drug-likeness (QED) is 0.666. The maximum Gasteiger partial charge on any atom is 0.129 e. The highest BCUT2D eigenvalue weighted by Gasteiger charge is 2.35. The summed E-state index contributed by atoms with van der Waals surface area (Å²) >= 11 is 0. The zero-order chi connectivity index (χ0) is 23.6. The summed E-state index contributed by atoms with van der Waals surface area (Å²) in [4.78, 5) is 0. The molecule has 1 unspecified atom stereocenters. The molecule has 1 saturated heterocycles. The highest BCUT2D eigenvalue weighted by Crippen LogP contribution is 2.46. The first-order valence-corrected chi connectivity index (χ1v) is 11.5. The Morgan fingerprint density at radius 3 is 2.85 bits per heavy atom. The zero-order valence-electron chi connectivity index (χ0n) is 18.8. The smallest absolute Gasteiger partial charge is 0.129 e. The minimum atomic E-state index is -1.16. The molecular weight excluding hydrogens is 435 g/mol. The molecule has 1 fully saturated rings. The lowest BCUT2D eigenvalue weighted by Crippen LogP contribution is -2.51. The van der Waals surface area contributed by atoms with Crippen LogP contribution in [-0.2, 0) is 16.8 Å². The summed E-state index contributed by atoms with van der Waals surface area (Å²) in [6, 6.07) is 12.8. The minimum Gasteiger partial charge on any atom is -0.482 e. The van der Waals surface area contributed by atoms with Crippen molar-refractivity contribution in [3.8, 4) is 29.0 Å². The van der Waals surface area contributed by atoms with Crippen LogP contribution in [0.4, 0.5) is 4.39 Å². The van der Waals surface area contributed by atoms with Gasteiger partial charge in [-0.05, 0) is 62.2 Å². The third-order valence-corrected chi connectivity index (χ3v) is 6.57. The van der Waals surface area contributed by atoms with Gasteiger partial charge in [0.25, 0.3) is 0 Å². The number of nitrogens with one attached hydrogen (secondary N) is 2. The predicted octanol–water partition coefficient (Wildman–Crippen LogP) is 2.89. The fourth-order valence-corrected chi connectivity index (χ4v) is 4.61. The molecule has 6 nitrogen and oxygen atoms in total. The molecule has 169 valence electrons. The molecule has 2 heterocycles. The van der Waals surface area contributed by atoms with Crippen LogP contribution in [-0.4, -0.2) is 47.7 Å². The van der Waals surface area contributed by atoms with Crippen molar-refractivity contribution in [1.29, 1.82) is 10.5 Å². The second-order valence-electron chi connectivity index (χ2n) is 9.05. The number of hydrogen-bond donors (Lipinski definition) is 2. The first-order valence-electron chi connectivity index (χ1n) is 11.0. The first kappa shape index (κ1) is 23.4. The van der Waals surface area contributed by atoms with Gasteiger partial charge in [-0.15, -0.1) is 0 Å². The van der Waals surface area contributed by atoms with Crippen molar-refractivity contribution in [1.82, 2.24) is 10.6 Å². The average Bonchev–Trinajstić information content (AvgIpc) is 3.07. The monoisotopic (exact) mass is 461 g/mol. The van der Waals surface area contributed by atoms with Gasteiger partial charge in [-0.3, -0.25) is 5.32 Å². The van der Waals surface area contributed by atoms with Gasteiger partial charge in [0.1, 0.15) is 17.2 Å². The van der Waals surface area contributed by atoms with E-state index in [1.54, 1.807) is 18.2 Å². The van der Waals surface area contributed by atoms with Crippen LogP contribution >= 0.6 is 0 Å². The molecule has 0 bridgehead atoms. The largest absolute Gasteiger partial charge is 0.482 e. The van der Waals surface area contributed by atoms with Crippen LogP contribution in [0.15, 0.2) is 30.3 Å². The predicted molar refractivity (Wildman–Crippen MR) is 123 cm³/mol. The number of nitriles is 2. The van der Waals surface area contributed by atoms with Crippen molar-refractivity contribution in [3.05, 3.63) is 52.8 Å². The lowest BCUT2D eigenvalue weighted by molar-refractivity contribution is 0.0650. The van der Waals surface area contributed by atoms with Crippen LogP contribution < -0.4 is 15.4 Å². The van der Waals surface area contributed by atoms with Gasteiger partial charge in [0, 0.05) is 37.2 Å². The average molecular weight is 462 g/mol. The molecule has 0 spiro atoms. The Balaban J connectivity index is 1.60. The van der Waals surface area contributed by atoms with E-state index >= 15 is 4.39 Å². The van der Waals surface area contributed by atoms with Gasteiger partial charge in [-0.2, -0.15) is 10.5 Å². The number of fused-ring (bicyclic) bond motifs is 3. The fraction of sp³-hybridized carbons (Fsp3) is 0.440. The highest BCUT2D eigenvalue weighted by atomic mass is 28.1. The van der Waals surface area contributed by atoms with Gasteiger partial charge in [0.15, 0.2) is 0 Å². The standard InChI is InChI=1S/C25H26FN4O2Si/c1-24(2)21-8-16(12-27)4-5-19(21)20-10-22(26)17(9-23(20)32-24)11-25(33,15-28)30-14-18-13-29-6-3-7-31-18/h4-5,8-10,18,29-30H,3,6-7,11,13-14H2,1-2H3/t18?,25-/m0/s1. The molecule has 3 radical (unpaired) electrons. The van der Waals surface area contributed by atoms with Gasteiger partial charge in [-0.25, -0.2) is 4.39 Å². The lowest BCUT2D eigenvalue weighted by atomic mass is 9.84. The summed E-state index contributed by atoms with van der Waals surface area (Å²) in [6.45, 7) is 6.57. The Kier molecular flexibility index (Phi) is 6.56. The van der Waals surface area contributed by atoms with Gasteiger partial charge < -0.3 is 14.8 Å². The van der Waals surface area contributed by atoms with E-state index in [4.69, 9.17) is 9.47 Å². The zero-order valence-corrected chi connectivity index (χ0v) is 19.8. The molecule has 2 N–H and O–H groups in total. The molecule has 0 saturated carbocycles. The molecule has 33 heavy (non-hydrogen) atoms. The highest BCUT2D eigenvalue weighted by molar-refractivity contribution is 6.17. The van der Waals surface area contributed by atoms with Crippen molar-refractivity contribution in [2.75, 3.05) is 26.2 Å². The minimum absolute atomic E-state index is 0.0658. The Hall–Kier alpha value is -2.75. The van der Waals surface area contributed by atoms with E-state index in [2.05, 4.69) is 33.0 Å². The van der Waals surface area contributed by atoms with Gasteiger partial charge in [0.05, 0.1) is 39.2 Å². The first-order chi connectivity index (χ1) is 15.7. The Labute approximate surface area is 197 Å². The third kappa shape index (κ3) is 4.95. The Morgan fingerprint density at radius 2 is 2.09 bits per heavy atom. The molecule has 0 aliphatic carbocycles. The maximum absolute atomic E-state index is 15.2. The van der Waals surface area contributed by atoms with Crippen LogP contribution in [0.2, 0.25) is 0 Å². The normalized spacial score (nSPS) is 20.7. The van der Waals surface area contributed by atoms with Crippen LogP contribution in [0.25, 0.3) is 11.1 Å². The van der Waals surface area contributed by atoms with Crippen LogP contribution in [0, 0.1) is 28.5 Å². The summed E-state index contributed by atoms with van der Waals surface area (Å²) < 4.78 is 27.3. The molecule has 2 aliphatic heterocycles. The summed E-state index contributed by atoms with van der Waals surface area (Å²) in [7, 11) is 3.54. The Bertz CT molecular complexity index is 1130. The number of benzene rings is 2. The van der Waals surface area contributed by atoms with Crippen molar-refractivity contribution in [3.63, 3.8) is 0 Å². The van der Waals surface area contributed by atoms with E-state index in [9.17, 15) is 10.5 Å². The van der Waals surface area contributed by atoms with Crippen LogP contribution in [0.1, 0.15) is 37.0 Å². The second kappa shape index (κ2) is 9.24. The molecular formula is C25H26FN4O2Si. The fourth-order valence-electron chi connectivity index (χ4n) is 4.32. The molecule has 4 rings (SSSR count). The molecule has 2 atom stereocenters. The van der Waals surface area contributed by atoms with Gasteiger partial charge in [-0.1, -0.05) is 6.07 Å². The summed E-state index contributed by atoms with van der Waals surface area (Å²) in [6.07, 6.45) is 0.985. The van der Waals surface area contributed by atoms with Crippen LogP contribution in [0.3, 0.4) is 0 Å². The van der Waals surface area contributed by atoms with Gasteiger partial charge >= 0.3 is 0 Å². The summed E-state index contributed by atoms with van der Waals surface area (Å²) in [5, 5.41) is 24.4. The van der Waals surface area contributed by atoms with E-state index in [1.165, 1.54) is 6.07 Å². The number of ether oxygens (including phenoxy) is 2. The SMILES string of the molecule is CC1(C)Oc2cc(C[C@]([Si])(C#N)NCC3CNCCCO3)c(F)cc2-c2ccc(C#N)cc21. The van der Waals surface area contributed by atoms with Crippen molar-refractivity contribution < 1.29 is 13.9 Å². The van der Waals surface area contributed by atoms with Crippen molar-refractivity contribution >= 4 is 10.2 Å². The molecule has 0 aromatic heterocycles. The number of halogens is 1. The molecule has 2 aromatic carbocycles. The second-order valence-corrected chi connectivity index (χ2v) is 9.90. The van der Waals surface area contributed by atoms with E-state index in [1.807, 2.05) is 19.9 Å². The number of hydrogen-bond acceptors (Lipinski definition) is 6. The van der Waals surface area contributed by atoms with E-state index in [0.29, 0.717) is 42.1 Å². The molecule has 8 heteroatoms. The third-order valence-electron chi connectivity index (χ3n) is 6.10. The number of nitrogens with zero attached hydrogens (tertiary/aromatic N) is 2. The van der Waals surface area contributed by atoms with Crippen LogP contribution in [0.5, 0.6) is 5.75 Å². The van der Waals surface area contributed by atoms with E-state index < -0.39 is 16.6 Å². The molecule has 2 aliphatic rings. The summed E-state index contributed by atoms with van der Waals surface area (Å²) in [5.74, 6) is 0.135.